The molecule has 1 heterocycles. The molecule has 2 aromatic carbocycles. The highest BCUT2D eigenvalue weighted by Gasteiger charge is 2.13. The summed E-state index contributed by atoms with van der Waals surface area (Å²) in [5, 5.41) is 13.6. The summed E-state index contributed by atoms with van der Waals surface area (Å²) in [6, 6.07) is 13.6. The zero-order valence-electron chi connectivity index (χ0n) is 15.5. The highest BCUT2D eigenvalue weighted by molar-refractivity contribution is 7.80. The Balaban J connectivity index is 1.84. The summed E-state index contributed by atoms with van der Waals surface area (Å²) in [4.78, 5) is 17.2. The number of pyridine rings is 1. The van der Waals surface area contributed by atoms with Crippen LogP contribution < -0.4 is 10.9 Å². The van der Waals surface area contributed by atoms with Crippen molar-refractivity contribution in [1.29, 1.82) is 0 Å². The Morgan fingerprint density at radius 3 is 2.68 bits per heavy atom. The molecule has 0 unspecified atom stereocenters. The van der Waals surface area contributed by atoms with Crippen LogP contribution in [0.4, 0.5) is 10.1 Å². The number of rotatable bonds is 6. The molecule has 0 aliphatic heterocycles. The standard InChI is InChI=1S/C21H22FN3O2S/c1-14-3-8-19-15(11-14)12-16(20(27)24-19)13-25(9-2-10-26)21(28)23-18-6-4-17(22)5-7-18/h3-8,11-12,26H,2,9-10,13H2,1H3,(H,23,28)(H,24,27). The lowest BCUT2D eigenvalue weighted by molar-refractivity contribution is 0.266. The first-order valence-electron chi connectivity index (χ1n) is 9.01. The van der Waals surface area contributed by atoms with E-state index >= 15 is 0 Å². The predicted molar refractivity (Wildman–Crippen MR) is 114 cm³/mol. The Morgan fingerprint density at radius 1 is 1.21 bits per heavy atom. The number of nitrogens with one attached hydrogen (secondary N) is 2. The summed E-state index contributed by atoms with van der Waals surface area (Å²) >= 11 is 5.49. The lowest BCUT2D eigenvalue weighted by Gasteiger charge is -2.25. The zero-order valence-corrected chi connectivity index (χ0v) is 16.4. The molecule has 0 fully saturated rings. The molecular formula is C21H22FN3O2S. The minimum Gasteiger partial charge on any atom is -0.396 e. The Hall–Kier alpha value is -2.77. The molecule has 0 saturated carbocycles. The Kier molecular flexibility index (Phi) is 6.38. The summed E-state index contributed by atoms with van der Waals surface area (Å²) in [5.41, 5.74) is 2.96. The maximum Gasteiger partial charge on any atom is 0.253 e. The Labute approximate surface area is 167 Å². The van der Waals surface area contributed by atoms with Gasteiger partial charge in [-0.3, -0.25) is 4.79 Å². The number of aliphatic hydroxyl groups excluding tert-OH is 1. The number of aromatic amines is 1. The number of aryl methyl sites for hydroxylation is 1. The van der Waals surface area contributed by atoms with E-state index in [1.165, 1.54) is 12.1 Å². The largest absolute Gasteiger partial charge is 0.396 e. The molecule has 0 aliphatic carbocycles. The van der Waals surface area contributed by atoms with Crippen LogP contribution in [0.25, 0.3) is 10.9 Å². The number of thiocarbonyl (C=S) groups is 1. The third kappa shape index (κ3) is 4.94. The molecule has 5 nitrogen and oxygen atoms in total. The van der Waals surface area contributed by atoms with Gasteiger partial charge in [-0.15, -0.1) is 0 Å². The van der Waals surface area contributed by atoms with Gasteiger partial charge in [0.25, 0.3) is 5.56 Å². The molecule has 0 bridgehead atoms. The quantitative estimate of drug-likeness (QED) is 0.553. The Bertz CT molecular complexity index is 1030. The number of halogens is 1. The maximum atomic E-state index is 13.1. The fraction of sp³-hybridized carbons (Fsp3) is 0.238. The number of hydrogen-bond acceptors (Lipinski definition) is 3. The summed E-state index contributed by atoms with van der Waals surface area (Å²) in [6.07, 6.45) is 0.510. The first-order chi connectivity index (χ1) is 13.5. The number of hydrogen-bond donors (Lipinski definition) is 3. The van der Waals surface area contributed by atoms with Gasteiger partial charge >= 0.3 is 0 Å². The van der Waals surface area contributed by atoms with E-state index in [9.17, 15) is 14.3 Å². The number of aromatic nitrogens is 1. The maximum absolute atomic E-state index is 13.1. The van der Waals surface area contributed by atoms with Crippen molar-refractivity contribution in [3.63, 3.8) is 0 Å². The van der Waals surface area contributed by atoms with Crippen LogP contribution in [0.5, 0.6) is 0 Å². The SMILES string of the molecule is Cc1ccc2[nH]c(=O)c(CN(CCCO)C(=S)Nc3ccc(F)cc3)cc2c1. The molecule has 0 atom stereocenters. The fourth-order valence-corrected chi connectivity index (χ4v) is 3.22. The van der Waals surface area contributed by atoms with Crippen molar-refractivity contribution in [2.24, 2.45) is 0 Å². The van der Waals surface area contributed by atoms with Gasteiger partial charge < -0.3 is 20.3 Å². The van der Waals surface area contributed by atoms with Crippen LogP contribution in [-0.2, 0) is 6.54 Å². The molecule has 28 heavy (non-hydrogen) atoms. The van der Waals surface area contributed by atoms with Crippen molar-refractivity contribution in [3.8, 4) is 0 Å². The number of nitrogens with zero attached hydrogens (tertiary/aromatic N) is 1. The molecule has 0 radical (unpaired) electrons. The third-order valence-electron chi connectivity index (χ3n) is 4.41. The molecular weight excluding hydrogens is 377 g/mol. The fourth-order valence-electron chi connectivity index (χ4n) is 2.94. The summed E-state index contributed by atoms with van der Waals surface area (Å²) in [6.45, 7) is 2.80. The number of benzene rings is 2. The zero-order chi connectivity index (χ0) is 20.1. The smallest absolute Gasteiger partial charge is 0.253 e. The highest BCUT2D eigenvalue weighted by Crippen LogP contribution is 2.15. The minimum atomic E-state index is -0.327. The molecule has 0 aliphatic rings. The minimum absolute atomic E-state index is 0.0168. The van der Waals surface area contributed by atoms with Crippen molar-refractivity contribution < 1.29 is 9.50 Å². The van der Waals surface area contributed by atoms with Gasteiger partial charge in [-0.1, -0.05) is 11.6 Å². The summed E-state index contributed by atoms with van der Waals surface area (Å²) < 4.78 is 13.1. The van der Waals surface area contributed by atoms with Gasteiger partial charge in [-0.2, -0.15) is 0 Å². The summed E-state index contributed by atoms with van der Waals surface area (Å²) in [5.74, 6) is -0.327. The second-order valence-electron chi connectivity index (χ2n) is 6.65. The monoisotopic (exact) mass is 399 g/mol. The second-order valence-corrected chi connectivity index (χ2v) is 7.04. The van der Waals surface area contributed by atoms with E-state index < -0.39 is 0 Å². The molecule has 1 aromatic heterocycles. The Morgan fingerprint density at radius 2 is 1.96 bits per heavy atom. The van der Waals surface area contributed by atoms with Gasteiger partial charge in [0.2, 0.25) is 0 Å². The van der Waals surface area contributed by atoms with Crippen LogP contribution in [-0.4, -0.2) is 33.3 Å². The van der Waals surface area contributed by atoms with Gasteiger partial charge in [-0.05, 0) is 73.4 Å². The topological polar surface area (TPSA) is 68.4 Å². The lowest BCUT2D eigenvalue weighted by atomic mass is 10.1. The number of aliphatic hydroxyl groups is 1. The molecule has 3 aromatic rings. The average molecular weight is 399 g/mol. The van der Waals surface area contributed by atoms with Crippen LogP contribution in [0.15, 0.2) is 53.3 Å². The second kappa shape index (κ2) is 8.95. The van der Waals surface area contributed by atoms with E-state index in [0.717, 1.165) is 16.5 Å². The van der Waals surface area contributed by atoms with Crippen molar-refractivity contribution in [2.75, 3.05) is 18.5 Å². The number of H-pyrrole nitrogens is 1. The first-order valence-corrected chi connectivity index (χ1v) is 9.42. The molecule has 7 heteroatoms. The van der Waals surface area contributed by atoms with Crippen LogP contribution >= 0.6 is 12.2 Å². The van der Waals surface area contributed by atoms with Crippen molar-refractivity contribution in [1.82, 2.24) is 9.88 Å². The van der Waals surface area contributed by atoms with Gasteiger partial charge in [0.05, 0.1) is 6.54 Å². The molecule has 0 amide bonds. The van der Waals surface area contributed by atoms with E-state index in [0.29, 0.717) is 35.9 Å². The average Bonchev–Trinajstić information content (AvgIpc) is 2.67. The van der Waals surface area contributed by atoms with Crippen LogP contribution in [0.2, 0.25) is 0 Å². The van der Waals surface area contributed by atoms with Crippen molar-refractivity contribution in [3.05, 3.63) is 75.8 Å². The van der Waals surface area contributed by atoms with Gasteiger partial charge in [0.15, 0.2) is 5.11 Å². The van der Waals surface area contributed by atoms with Crippen molar-refractivity contribution in [2.45, 2.75) is 19.9 Å². The van der Waals surface area contributed by atoms with E-state index in [1.54, 1.807) is 12.1 Å². The van der Waals surface area contributed by atoms with Crippen LogP contribution in [0, 0.1) is 12.7 Å². The molecule has 146 valence electrons. The van der Waals surface area contributed by atoms with Gasteiger partial charge in [0, 0.05) is 29.9 Å². The van der Waals surface area contributed by atoms with E-state index in [4.69, 9.17) is 12.2 Å². The molecule has 3 rings (SSSR count). The van der Waals surface area contributed by atoms with E-state index in [2.05, 4.69) is 10.3 Å². The van der Waals surface area contributed by atoms with Crippen molar-refractivity contribution >= 4 is 33.9 Å². The third-order valence-corrected chi connectivity index (χ3v) is 4.77. The van der Waals surface area contributed by atoms with Crippen LogP contribution in [0.3, 0.4) is 0 Å². The van der Waals surface area contributed by atoms with E-state index in [1.807, 2.05) is 36.1 Å². The molecule has 3 N–H and O–H groups in total. The molecule has 0 saturated heterocycles. The predicted octanol–water partition coefficient (Wildman–Crippen LogP) is 3.56. The van der Waals surface area contributed by atoms with Crippen LogP contribution in [0.1, 0.15) is 17.5 Å². The lowest BCUT2D eigenvalue weighted by Crippen LogP contribution is -2.37. The molecule has 0 spiro atoms. The number of anilines is 1. The number of fused-ring (bicyclic) bond motifs is 1. The van der Waals surface area contributed by atoms with E-state index in [-0.39, 0.29) is 18.0 Å². The first kappa shape index (κ1) is 20.0. The van der Waals surface area contributed by atoms with Gasteiger partial charge in [0.1, 0.15) is 5.82 Å². The normalized spacial score (nSPS) is 10.8. The highest BCUT2D eigenvalue weighted by atomic mass is 32.1. The summed E-state index contributed by atoms with van der Waals surface area (Å²) in [7, 11) is 0. The van der Waals surface area contributed by atoms with Gasteiger partial charge in [-0.25, -0.2) is 4.39 Å².